The summed E-state index contributed by atoms with van der Waals surface area (Å²) in [5.74, 6) is -3.74. The lowest BCUT2D eigenvalue weighted by molar-refractivity contribution is -0.135. The Morgan fingerprint density at radius 3 is 2.62 bits per heavy atom. The average molecular weight is 533 g/mol. The lowest BCUT2D eigenvalue weighted by Crippen LogP contribution is -2.55. The van der Waals surface area contributed by atoms with Crippen molar-refractivity contribution in [2.75, 3.05) is 38.6 Å². The predicted octanol–water partition coefficient (Wildman–Crippen LogP) is 2.42. The smallest absolute Gasteiger partial charge is 0.291 e. The Labute approximate surface area is 215 Å². The summed E-state index contributed by atoms with van der Waals surface area (Å²) in [6.45, 7) is 1.40. The minimum absolute atomic E-state index is 0.0418. The average Bonchev–Trinajstić information content (AvgIpc) is 3.34. The van der Waals surface area contributed by atoms with E-state index in [9.17, 15) is 23.2 Å². The van der Waals surface area contributed by atoms with E-state index < -0.39 is 23.4 Å². The van der Waals surface area contributed by atoms with Crippen LogP contribution in [0.25, 0.3) is 11.3 Å². The molecule has 3 aromatic rings. The molecule has 10 nitrogen and oxygen atoms in total. The summed E-state index contributed by atoms with van der Waals surface area (Å²) >= 11 is 6.25. The van der Waals surface area contributed by atoms with Gasteiger partial charge in [0.05, 0.1) is 36.1 Å². The fourth-order valence-corrected chi connectivity index (χ4v) is 4.07. The first-order valence-corrected chi connectivity index (χ1v) is 11.5. The number of nitrogens with two attached hydrogens (primary N) is 1. The molecule has 0 bridgehead atoms. The Kier molecular flexibility index (Phi) is 7.69. The highest BCUT2D eigenvalue weighted by Crippen LogP contribution is 2.29. The first kappa shape index (κ1) is 26.0. The highest BCUT2D eigenvalue weighted by atomic mass is 35.5. The molecule has 1 aliphatic rings. The van der Waals surface area contributed by atoms with Crippen molar-refractivity contribution in [3.05, 3.63) is 64.6 Å². The summed E-state index contributed by atoms with van der Waals surface area (Å²) in [6.07, 6.45) is 1.20. The third kappa shape index (κ3) is 5.54. The van der Waals surface area contributed by atoms with E-state index in [4.69, 9.17) is 22.1 Å². The second-order valence-corrected chi connectivity index (χ2v) is 8.72. The standard InChI is InChI=1S/C24H23ClF2N6O4/c1-37-18-5-4-15(20(26)21(18)27)17-9-29-22(32-17)24(36)31-13-2-3-14(16(25)6-13)23(35)30-8-12-10-33(11-12)19(34)7-28/h2-6,9,12H,7-8,10-11,28H2,1H3,(H,29,32)(H,30,35)(H,31,36). The fourth-order valence-electron chi connectivity index (χ4n) is 3.80. The number of aromatic amines is 1. The number of aromatic nitrogens is 2. The molecule has 0 atom stereocenters. The zero-order chi connectivity index (χ0) is 26.7. The highest BCUT2D eigenvalue weighted by Gasteiger charge is 2.30. The third-order valence-electron chi connectivity index (χ3n) is 5.86. The van der Waals surface area contributed by atoms with E-state index in [1.807, 2.05) is 0 Å². The molecular formula is C24H23ClF2N6O4. The monoisotopic (exact) mass is 532 g/mol. The van der Waals surface area contributed by atoms with Crippen LogP contribution in [0.5, 0.6) is 5.75 Å². The maximum Gasteiger partial charge on any atom is 0.291 e. The van der Waals surface area contributed by atoms with Crippen molar-refractivity contribution in [1.29, 1.82) is 0 Å². The molecule has 37 heavy (non-hydrogen) atoms. The summed E-state index contributed by atoms with van der Waals surface area (Å²) in [5, 5.41) is 5.47. The number of likely N-dealkylation sites (tertiary alicyclic amines) is 1. The molecule has 0 spiro atoms. The summed E-state index contributed by atoms with van der Waals surface area (Å²) in [6, 6.07) is 6.92. The number of benzene rings is 2. The Morgan fingerprint density at radius 1 is 1.19 bits per heavy atom. The van der Waals surface area contributed by atoms with Gasteiger partial charge >= 0.3 is 0 Å². The van der Waals surface area contributed by atoms with Crippen molar-refractivity contribution in [3.63, 3.8) is 0 Å². The van der Waals surface area contributed by atoms with Crippen LogP contribution in [-0.4, -0.2) is 65.9 Å². The van der Waals surface area contributed by atoms with Crippen molar-refractivity contribution in [3.8, 4) is 17.0 Å². The maximum absolute atomic E-state index is 14.4. The van der Waals surface area contributed by atoms with E-state index in [1.165, 1.54) is 43.6 Å². The SMILES string of the molecule is COc1ccc(-c2cnc(C(=O)Nc3ccc(C(=O)NCC4CN(C(=O)CN)C4)c(Cl)c3)[nH]2)c(F)c1F. The molecule has 0 aliphatic carbocycles. The molecule has 1 aliphatic heterocycles. The van der Waals surface area contributed by atoms with Gasteiger partial charge in [-0.15, -0.1) is 0 Å². The number of nitrogens with one attached hydrogen (secondary N) is 3. The lowest BCUT2D eigenvalue weighted by atomic mass is 10.00. The Hall–Kier alpha value is -4.03. The number of rotatable bonds is 8. The van der Waals surface area contributed by atoms with Gasteiger partial charge in [0.25, 0.3) is 11.8 Å². The van der Waals surface area contributed by atoms with Crippen molar-refractivity contribution >= 4 is 35.0 Å². The summed E-state index contributed by atoms with van der Waals surface area (Å²) in [7, 11) is 1.22. The van der Waals surface area contributed by atoms with Crippen LogP contribution in [0, 0.1) is 17.6 Å². The zero-order valence-electron chi connectivity index (χ0n) is 19.6. The molecule has 194 valence electrons. The van der Waals surface area contributed by atoms with Gasteiger partial charge in [0.1, 0.15) is 0 Å². The molecule has 1 aromatic heterocycles. The largest absolute Gasteiger partial charge is 0.494 e. The van der Waals surface area contributed by atoms with Gasteiger partial charge in [0.15, 0.2) is 17.4 Å². The Bertz CT molecular complexity index is 1360. The number of methoxy groups -OCH3 is 1. The van der Waals surface area contributed by atoms with Gasteiger partial charge in [0, 0.05) is 36.8 Å². The topological polar surface area (TPSA) is 142 Å². The van der Waals surface area contributed by atoms with E-state index >= 15 is 0 Å². The molecule has 1 fully saturated rings. The van der Waals surface area contributed by atoms with Crippen molar-refractivity contribution < 1.29 is 27.9 Å². The quantitative estimate of drug-likeness (QED) is 0.351. The van der Waals surface area contributed by atoms with Gasteiger partial charge in [0.2, 0.25) is 11.7 Å². The predicted molar refractivity (Wildman–Crippen MR) is 131 cm³/mol. The van der Waals surface area contributed by atoms with Gasteiger partial charge in [-0.05, 0) is 30.3 Å². The Morgan fingerprint density at radius 2 is 1.95 bits per heavy atom. The second-order valence-electron chi connectivity index (χ2n) is 8.32. The van der Waals surface area contributed by atoms with Gasteiger partial charge in [-0.2, -0.15) is 4.39 Å². The maximum atomic E-state index is 14.4. The lowest BCUT2D eigenvalue weighted by Gasteiger charge is -2.39. The molecular weight excluding hydrogens is 510 g/mol. The van der Waals surface area contributed by atoms with Crippen molar-refractivity contribution in [2.24, 2.45) is 11.7 Å². The first-order chi connectivity index (χ1) is 17.7. The number of carbonyl (C=O) groups is 3. The molecule has 0 unspecified atom stereocenters. The van der Waals surface area contributed by atoms with Crippen LogP contribution in [-0.2, 0) is 4.79 Å². The van der Waals surface area contributed by atoms with Crippen molar-refractivity contribution in [1.82, 2.24) is 20.2 Å². The van der Waals surface area contributed by atoms with E-state index in [-0.39, 0.29) is 51.8 Å². The van der Waals surface area contributed by atoms with Crippen LogP contribution in [0.4, 0.5) is 14.5 Å². The van der Waals surface area contributed by atoms with E-state index in [0.717, 1.165) is 0 Å². The van der Waals surface area contributed by atoms with Gasteiger partial charge in [-0.25, -0.2) is 9.37 Å². The first-order valence-electron chi connectivity index (χ1n) is 11.2. The van der Waals surface area contributed by atoms with Gasteiger partial charge < -0.3 is 31.0 Å². The summed E-state index contributed by atoms with van der Waals surface area (Å²) < 4.78 is 33.1. The number of hydrogen-bond donors (Lipinski definition) is 4. The number of carbonyl (C=O) groups excluding carboxylic acids is 3. The number of halogens is 3. The minimum Gasteiger partial charge on any atom is -0.494 e. The second kappa shape index (κ2) is 10.9. The highest BCUT2D eigenvalue weighted by molar-refractivity contribution is 6.34. The Balaban J connectivity index is 1.36. The molecule has 13 heteroatoms. The van der Waals surface area contributed by atoms with Crippen molar-refractivity contribution in [2.45, 2.75) is 0 Å². The minimum atomic E-state index is -1.16. The normalized spacial score (nSPS) is 13.2. The molecule has 1 saturated heterocycles. The van der Waals surface area contributed by atoms with Crippen LogP contribution in [0.1, 0.15) is 21.0 Å². The number of amides is 3. The van der Waals surface area contributed by atoms with Crippen LogP contribution < -0.4 is 21.1 Å². The number of nitrogens with zero attached hydrogens (tertiary/aromatic N) is 2. The number of imidazole rings is 1. The molecule has 4 rings (SSSR count). The number of anilines is 1. The van der Waals surface area contributed by atoms with Crippen LogP contribution in [0.15, 0.2) is 36.5 Å². The number of ether oxygens (including phenoxy) is 1. The van der Waals surface area contributed by atoms with E-state index in [2.05, 4.69) is 20.6 Å². The third-order valence-corrected chi connectivity index (χ3v) is 6.17. The fraction of sp³-hybridized carbons (Fsp3) is 0.250. The number of H-pyrrole nitrogens is 1. The molecule has 0 saturated carbocycles. The summed E-state index contributed by atoms with van der Waals surface area (Å²) in [4.78, 5) is 44.8. The van der Waals surface area contributed by atoms with Crippen LogP contribution in [0.2, 0.25) is 5.02 Å². The summed E-state index contributed by atoms with van der Waals surface area (Å²) in [5.41, 5.74) is 5.80. The van der Waals surface area contributed by atoms with Gasteiger partial charge in [-0.3, -0.25) is 14.4 Å². The van der Waals surface area contributed by atoms with E-state index in [0.29, 0.717) is 25.3 Å². The molecule has 2 heterocycles. The number of hydrogen-bond acceptors (Lipinski definition) is 6. The molecule has 3 amide bonds. The molecule has 5 N–H and O–H groups in total. The van der Waals surface area contributed by atoms with Crippen LogP contribution >= 0.6 is 11.6 Å². The molecule has 2 aromatic carbocycles. The van der Waals surface area contributed by atoms with E-state index in [1.54, 1.807) is 4.90 Å². The van der Waals surface area contributed by atoms with Crippen LogP contribution in [0.3, 0.4) is 0 Å². The zero-order valence-corrected chi connectivity index (χ0v) is 20.4. The van der Waals surface area contributed by atoms with Gasteiger partial charge in [-0.1, -0.05) is 11.6 Å². The molecule has 0 radical (unpaired) electrons.